The molecule has 1 aliphatic heterocycles. The first-order valence-electron chi connectivity index (χ1n) is 5.16. The quantitative estimate of drug-likeness (QED) is 0.874. The first-order valence-corrected chi connectivity index (χ1v) is 5.53. The maximum Gasteiger partial charge on any atom is 0.243 e. The van der Waals surface area contributed by atoms with Crippen LogP contribution in [0, 0.1) is 0 Å². The van der Waals surface area contributed by atoms with Crippen molar-refractivity contribution in [2.75, 3.05) is 11.9 Å². The Balaban J connectivity index is 1.90. The van der Waals surface area contributed by atoms with E-state index in [0.29, 0.717) is 17.6 Å². The summed E-state index contributed by atoms with van der Waals surface area (Å²) in [6.07, 6.45) is 0. The molecule has 1 N–H and O–H groups in total. The molecule has 1 aromatic heterocycles. The second-order valence-electron chi connectivity index (χ2n) is 3.79. The lowest BCUT2D eigenvalue weighted by Crippen LogP contribution is -2.15. The molecule has 88 valence electrons. The fourth-order valence-electron chi connectivity index (χ4n) is 1.84. The highest BCUT2D eigenvalue weighted by atomic mass is 35.5. The predicted octanol–water partition coefficient (Wildman–Crippen LogP) is 1.41. The zero-order valence-electron chi connectivity index (χ0n) is 9.09. The SMILES string of the molecule is Cn1nnnc1NC1COc2c(Cl)cccc21. The van der Waals surface area contributed by atoms with Crippen molar-refractivity contribution in [3.05, 3.63) is 28.8 Å². The number of anilines is 1. The van der Waals surface area contributed by atoms with Crippen molar-refractivity contribution < 1.29 is 4.74 Å². The van der Waals surface area contributed by atoms with Gasteiger partial charge >= 0.3 is 0 Å². The second-order valence-corrected chi connectivity index (χ2v) is 4.20. The smallest absolute Gasteiger partial charge is 0.243 e. The maximum absolute atomic E-state index is 6.05. The van der Waals surface area contributed by atoms with E-state index in [4.69, 9.17) is 16.3 Å². The molecule has 0 spiro atoms. The molecule has 2 aromatic rings. The summed E-state index contributed by atoms with van der Waals surface area (Å²) in [5.74, 6) is 1.34. The molecule has 1 atom stereocenters. The number of hydrogen-bond donors (Lipinski definition) is 1. The van der Waals surface area contributed by atoms with Gasteiger partial charge in [0.05, 0.1) is 11.1 Å². The minimum absolute atomic E-state index is 0.0217. The normalized spacial score (nSPS) is 17.6. The van der Waals surface area contributed by atoms with Crippen molar-refractivity contribution >= 4 is 17.5 Å². The number of nitrogens with one attached hydrogen (secondary N) is 1. The summed E-state index contributed by atoms with van der Waals surface area (Å²) in [7, 11) is 1.77. The van der Waals surface area contributed by atoms with E-state index in [1.54, 1.807) is 11.7 Å². The molecular formula is C10H10ClN5O. The summed E-state index contributed by atoms with van der Waals surface area (Å²) in [5, 5.41) is 15.0. The van der Waals surface area contributed by atoms with Gasteiger partial charge in [-0.1, -0.05) is 28.8 Å². The van der Waals surface area contributed by atoms with Gasteiger partial charge in [-0.2, -0.15) is 0 Å². The van der Waals surface area contributed by atoms with E-state index in [-0.39, 0.29) is 6.04 Å². The van der Waals surface area contributed by atoms with Gasteiger partial charge in [0.2, 0.25) is 5.95 Å². The van der Waals surface area contributed by atoms with Gasteiger partial charge in [0.15, 0.2) is 0 Å². The molecule has 0 amide bonds. The van der Waals surface area contributed by atoms with E-state index >= 15 is 0 Å². The highest BCUT2D eigenvalue weighted by Crippen LogP contribution is 2.39. The lowest BCUT2D eigenvalue weighted by molar-refractivity contribution is 0.339. The van der Waals surface area contributed by atoms with Gasteiger partial charge < -0.3 is 10.1 Å². The number of aryl methyl sites for hydroxylation is 1. The number of nitrogens with zero attached hydrogens (tertiary/aromatic N) is 4. The Kier molecular flexibility index (Phi) is 2.36. The van der Waals surface area contributed by atoms with Crippen molar-refractivity contribution in [2.24, 2.45) is 7.05 Å². The van der Waals surface area contributed by atoms with Gasteiger partial charge in [-0.15, -0.1) is 0 Å². The first kappa shape index (κ1) is 10.3. The monoisotopic (exact) mass is 251 g/mol. The molecule has 1 aromatic carbocycles. The minimum Gasteiger partial charge on any atom is -0.489 e. The molecule has 1 aliphatic rings. The number of rotatable bonds is 2. The molecular weight excluding hydrogens is 242 g/mol. The van der Waals surface area contributed by atoms with Gasteiger partial charge in [0.1, 0.15) is 12.4 Å². The van der Waals surface area contributed by atoms with Crippen LogP contribution in [0.4, 0.5) is 5.95 Å². The van der Waals surface area contributed by atoms with Gasteiger partial charge in [-0.25, -0.2) is 4.68 Å². The maximum atomic E-state index is 6.05. The van der Waals surface area contributed by atoms with Crippen LogP contribution in [-0.2, 0) is 7.05 Å². The van der Waals surface area contributed by atoms with E-state index in [2.05, 4.69) is 20.8 Å². The largest absolute Gasteiger partial charge is 0.489 e. The zero-order valence-corrected chi connectivity index (χ0v) is 9.85. The van der Waals surface area contributed by atoms with Crippen LogP contribution in [0.2, 0.25) is 5.02 Å². The average Bonchev–Trinajstić information content (AvgIpc) is 2.89. The van der Waals surface area contributed by atoms with Gasteiger partial charge in [0.25, 0.3) is 0 Å². The van der Waals surface area contributed by atoms with Crippen LogP contribution in [0.3, 0.4) is 0 Å². The lowest BCUT2D eigenvalue weighted by Gasteiger charge is -2.10. The third kappa shape index (κ3) is 1.70. The molecule has 2 heterocycles. The number of para-hydroxylation sites is 1. The van der Waals surface area contributed by atoms with Crippen molar-refractivity contribution in [3.8, 4) is 5.75 Å². The van der Waals surface area contributed by atoms with Crippen LogP contribution >= 0.6 is 11.6 Å². The molecule has 0 aliphatic carbocycles. The fourth-order valence-corrected chi connectivity index (χ4v) is 2.07. The average molecular weight is 252 g/mol. The molecule has 0 saturated heterocycles. The molecule has 6 nitrogen and oxygen atoms in total. The molecule has 7 heteroatoms. The topological polar surface area (TPSA) is 64.9 Å². The molecule has 3 rings (SSSR count). The summed E-state index contributed by atoms with van der Waals surface area (Å²) in [6.45, 7) is 0.520. The second kappa shape index (κ2) is 3.89. The molecule has 0 radical (unpaired) electrons. The van der Waals surface area contributed by atoms with Crippen molar-refractivity contribution in [1.82, 2.24) is 20.2 Å². The van der Waals surface area contributed by atoms with Crippen molar-refractivity contribution in [3.63, 3.8) is 0 Å². The lowest BCUT2D eigenvalue weighted by atomic mass is 10.1. The molecule has 0 fully saturated rings. The van der Waals surface area contributed by atoms with E-state index in [1.807, 2.05) is 18.2 Å². The number of hydrogen-bond acceptors (Lipinski definition) is 5. The number of ether oxygens (including phenoxy) is 1. The molecule has 0 bridgehead atoms. The Morgan fingerprint density at radius 1 is 1.53 bits per heavy atom. The summed E-state index contributed by atoms with van der Waals surface area (Å²) < 4.78 is 7.13. The van der Waals surface area contributed by atoms with Crippen LogP contribution in [0.15, 0.2) is 18.2 Å². The van der Waals surface area contributed by atoms with Crippen LogP contribution < -0.4 is 10.1 Å². The molecule has 1 unspecified atom stereocenters. The minimum atomic E-state index is 0.0217. The predicted molar refractivity (Wildman–Crippen MR) is 62.1 cm³/mol. The zero-order chi connectivity index (χ0) is 11.8. The summed E-state index contributed by atoms with van der Waals surface area (Å²) in [5.41, 5.74) is 1.03. The third-order valence-corrected chi connectivity index (χ3v) is 2.99. The number of halogens is 1. The number of tetrazole rings is 1. The van der Waals surface area contributed by atoms with E-state index < -0.39 is 0 Å². The van der Waals surface area contributed by atoms with Gasteiger partial charge in [-0.3, -0.25) is 0 Å². The third-order valence-electron chi connectivity index (χ3n) is 2.69. The Hall–Kier alpha value is -1.82. The van der Waals surface area contributed by atoms with Crippen LogP contribution in [-0.4, -0.2) is 26.8 Å². The summed E-state index contributed by atoms with van der Waals surface area (Å²) in [4.78, 5) is 0. The Bertz CT molecular complexity index is 555. The standard InChI is InChI=1S/C10H10ClN5O/c1-16-10(13-14-15-16)12-8-5-17-9-6(8)3-2-4-7(9)11/h2-4,8H,5H2,1H3,(H,12,13,15). The Labute approximate surface area is 103 Å². The van der Waals surface area contributed by atoms with E-state index in [0.717, 1.165) is 11.3 Å². The van der Waals surface area contributed by atoms with Gasteiger partial charge in [-0.05, 0) is 16.5 Å². The number of benzene rings is 1. The molecule has 17 heavy (non-hydrogen) atoms. The van der Waals surface area contributed by atoms with E-state index in [9.17, 15) is 0 Å². The van der Waals surface area contributed by atoms with Crippen LogP contribution in [0.25, 0.3) is 0 Å². The highest BCUT2D eigenvalue weighted by molar-refractivity contribution is 6.32. The van der Waals surface area contributed by atoms with Crippen LogP contribution in [0.5, 0.6) is 5.75 Å². The first-order chi connectivity index (χ1) is 8.25. The summed E-state index contributed by atoms with van der Waals surface area (Å²) in [6, 6.07) is 5.72. The van der Waals surface area contributed by atoms with Crippen molar-refractivity contribution in [1.29, 1.82) is 0 Å². The van der Waals surface area contributed by atoms with Crippen molar-refractivity contribution in [2.45, 2.75) is 6.04 Å². The number of fused-ring (bicyclic) bond motifs is 1. The Morgan fingerprint density at radius 3 is 3.18 bits per heavy atom. The number of aromatic nitrogens is 4. The van der Waals surface area contributed by atoms with Gasteiger partial charge in [0, 0.05) is 12.6 Å². The fraction of sp³-hybridized carbons (Fsp3) is 0.300. The highest BCUT2D eigenvalue weighted by Gasteiger charge is 2.26. The summed E-state index contributed by atoms with van der Waals surface area (Å²) >= 11 is 6.05. The Morgan fingerprint density at radius 2 is 2.41 bits per heavy atom. The molecule has 0 saturated carbocycles. The van der Waals surface area contributed by atoms with E-state index in [1.165, 1.54) is 0 Å². The van der Waals surface area contributed by atoms with Crippen LogP contribution in [0.1, 0.15) is 11.6 Å².